The van der Waals surface area contributed by atoms with E-state index in [4.69, 9.17) is 0 Å². The van der Waals surface area contributed by atoms with E-state index in [2.05, 4.69) is 4.98 Å². The van der Waals surface area contributed by atoms with Crippen molar-refractivity contribution in [2.45, 2.75) is 6.92 Å². The van der Waals surface area contributed by atoms with E-state index in [-0.39, 0.29) is 25.9 Å². The Hall–Kier alpha value is -0.531. The van der Waals surface area contributed by atoms with Crippen LogP contribution in [0, 0.1) is 0 Å². The van der Waals surface area contributed by atoms with Crippen molar-refractivity contribution in [3.05, 3.63) is 30.1 Å². The van der Waals surface area contributed by atoms with Crippen molar-refractivity contribution < 1.29 is 24.9 Å². The van der Waals surface area contributed by atoms with Crippen LogP contribution in [0.5, 0.6) is 0 Å². The summed E-state index contributed by atoms with van der Waals surface area (Å²) in [6, 6.07) is 5.28. The van der Waals surface area contributed by atoms with E-state index in [9.17, 15) is 4.79 Å². The van der Waals surface area contributed by atoms with Gasteiger partial charge in [-0.3, -0.25) is 9.78 Å². The van der Waals surface area contributed by atoms with Crippen LogP contribution in [-0.4, -0.2) is 10.8 Å². The fourth-order valence-corrected chi connectivity index (χ4v) is 0.571. The molecule has 0 aliphatic carbocycles. The fourth-order valence-electron chi connectivity index (χ4n) is 0.571. The molecule has 1 rings (SSSR count). The van der Waals surface area contributed by atoms with Gasteiger partial charge in [0.15, 0.2) is 5.78 Å². The maximum atomic E-state index is 10.6. The van der Waals surface area contributed by atoms with Crippen LogP contribution in [0.25, 0.3) is 0 Å². The molecule has 0 saturated carbocycles. The second-order valence-electron chi connectivity index (χ2n) is 1.77. The molecule has 0 bridgehead atoms. The summed E-state index contributed by atoms with van der Waals surface area (Å²) < 4.78 is 0. The van der Waals surface area contributed by atoms with Gasteiger partial charge in [0.2, 0.25) is 0 Å². The number of aromatic nitrogens is 1. The largest absolute Gasteiger partial charge is 0.293 e. The van der Waals surface area contributed by atoms with Gasteiger partial charge >= 0.3 is 0 Å². The van der Waals surface area contributed by atoms with Crippen LogP contribution in [-0.2, 0) is 20.1 Å². The predicted molar refractivity (Wildman–Crippen MR) is 34.2 cm³/mol. The maximum Gasteiger partial charge on any atom is 0.178 e. The molecule has 0 aromatic carbocycles. The number of carbonyl (C=O) groups is 1. The Kier molecular flexibility index (Phi) is 4.08. The second kappa shape index (κ2) is 4.31. The van der Waals surface area contributed by atoms with E-state index in [1.807, 2.05) is 0 Å². The molecule has 1 heterocycles. The summed E-state index contributed by atoms with van der Waals surface area (Å²) in [6.07, 6.45) is 1.61. The van der Waals surface area contributed by atoms with Gasteiger partial charge in [-0.1, -0.05) is 6.07 Å². The molecule has 10 heavy (non-hydrogen) atoms. The Balaban J connectivity index is 0.000000810. The molecule has 55 valence electrons. The Morgan fingerprint density at radius 3 is 2.50 bits per heavy atom. The van der Waals surface area contributed by atoms with E-state index in [1.165, 1.54) is 6.92 Å². The number of hydrogen-bond acceptors (Lipinski definition) is 2. The van der Waals surface area contributed by atoms with Gasteiger partial charge < -0.3 is 0 Å². The van der Waals surface area contributed by atoms with Crippen LogP contribution < -0.4 is 0 Å². The van der Waals surface area contributed by atoms with Crippen molar-refractivity contribution in [2.75, 3.05) is 0 Å². The molecule has 1 aromatic heterocycles. The summed E-state index contributed by atoms with van der Waals surface area (Å²) in [4.78, 5) is 14.4. The monoisotopic (exact) mass is 314 g/mol. The maximum absolute atomic E-state index is 10.6. The average Bonchev–Trinajstić information content (AvgIpc) is 1.90. The third-order valence-electron chi connectivity index (χ3n) is 1.03. The van der Waals surface area contributed by atoms with E-state index < -0.39 is 0 Å². The summed E-state index contributed by atoms with van der Waals surface area (Å²) in [5.74, 6) is 0.00981. The molecule has 0 spiro atoms. The van der Waals surface area contributed by atoms with E-state index in [0.717, 1.165) is 0 Å². The van der Waals surface area contributed by atoms with Gasteiger partial charge in [-0.2, -0.15) is 0 Å². The number of ketones is 1. The average molecular weight is 313 g/mol. The zero-order valence-corrected chi connectivity index (χ0v) is 7.89. The molecule has 1 radical (unpaired) electrons. The molecule has 0 aliphatic heterocycles. The molecule has 2 nitrogen and oxygen atoms in total. The van der Waals surface area contributed by atoms with Crippen LogP contribution in [0.2, 0.25) is 0 Å². The van der Waals surface area contributed by atoms with Gasteiger partial charge in [0.05, 0.1) is 0 Å². The minimum atomic E-state index is 0. The predicted octanol–water partition coefficient (Wildman–Crippen LogP) is 1.28. The fraction of sp³-hybridized carbons (Fsp3) is 0.143. The van der Waals surface area contributed by atoms with Gasteiger partial charge in [-0.25, -0.2) is 0 Å². The van der Waals surface area contributed by atoms with Crippen LogP contribution in [0.3, 0.4) is 0 Å². The number of rotatable bonds is 1. The topological polar surface area (TPSA) is 30.0 Å². The van der Waals surface area contributed by atoms with Crippen LogP contribution in [0.1, 0.15) is 17.4 Å². The SMILES string of the molecule is CC(=O)c1ccccn1.[Ir]. The van der Waals surface area contributed by atoms with Gasteiger partial charge in [0.1, 0.15) is 5.69 Å². The normalized spacial score (nSPS) is 8.10. The molecule has 3 heteroatoms. The molecular weight excluding hydrogens is 306 g/mol. The molecule has 0 atom stereocenters. The van der Waals surface area contributed by atoms with Crippen molar-refractivity contribution in [3.8, 4) is 0 Å². The number of hydrogen-bond donors (Lipinski definition) is 0. The molecule has 1 aromatic rings. The van der Waals surface area contributed by atoms with Crippen molar-refractivity contribution in [1.82, 2.24) is 4.98 Å². The Morgan fingerprint density at radius 1 is 1.50 bits per heavy atom. The van der Waals surface area contributed by atoms with Gasteiger partial charge in [0, 0.05) is 33.2 Å². The number of nitrogens with zero attached hydrogens (tertiary/aromatic N) is 1. The minimum absolute atomic E-state index is 0. The third kappa shape index (κ3) is 2.38. The summed E-state index contributed by atoms with van der Waals surface area (Å²) in [6.45, 7) is 1.50. The van der Waals surface area contributed by atoms with E-state index in [0.29, 0.717) is 5.69 Å². The third-order valence-corrected chi connectivity index (χ3v) is 1.03. The molecule has 0 amide bonds. The number of pyridine rings is 1. The zero-order valence-electron chi connectivity index (χ0n) is 5.50. The van der Waals surface area contributed by atoms with Crippen molar-refractivity contribution in [3.63, 3.8) is 0 Å². The molecule has 0 saturated heterocycles. The molecule has 0 N–H and O–H groups in total. The summed E-state index contributed by atoms with van der Waals surface area (Å²) >= 11 is 0. The van der Waals surface area contributed by atoms with Crippen molar-refractivity contribution >= 4 is 5.78 Å². The van der Waals surface area contributed by atoms with E-state index >= 15 is 0 Å². The van der Waals surface area contributed by atoms with Crippen LogP contribution >= 0.6 is 0 Å². The standard InChI is InChI=1S/C7H7NO.Ir/c1-6(9)7-4-2-3-5-8-7;/h2-5H,1H3;. The first-order chi connectivity index (χ1) is 4.30. The van der Waals surface area contributed by atoms with Gasteiger partial charge in [-0.05, 0) is 12.1 Å². The van der Waals surface area contributed by atoms with E-state index in [1.54, 1.807) is 24.4 Å². The number of carbonyl (C=O) groups excluding carboxylic acids is 1. The summed E-state index contributed by atoms with van der Waals surface area (Å²) in [5.41, 5.74) is 0.525. The summed E-state index contributed by atoms with van der Waals surface area (Å²) in [5, 5.41) is 0. The first-order valence-electron chi connectivity index (χ1n) is 2.72. The minimum Gasteiger partial charge on any atom is -0.293 e. The van der Waals surface area contributed by atoms with Gasteiger partial charge in [-0.15, -0.1) is 0 Å². The quantitative estimate of drug-likeness (QED) is 0.731. The molecule has 0 unspecified atom stereocenters. The first kappa shape index (κ1) is 9.47. The zero-order chi connectivity index (χ0) is 6.69. The van der Waals surface area contributed by atoms with Gasteiger partial charge in [0.25, 0.3) is 0 Å². The van der Waals surface area contributed by atoms with Crippen molar-refractivity contribution in [2.24, 2.45) is 0 Å². The smallest absolute Gasteiger partial charge is 0.178 e. The Bertz CT molecular complexity index is 210. The summed E-state index contributed by atoms with van der Waals surface area (Å²) in [7, 11) is 0. The Morgan fingerprint density at radius 2 is 2.20 bits per heavy atom. The molecule has 0 fully saturated rings. The second-order valence-corrected chi connectivity index (χ2v) is 1.77. The Labute approximate surface area is 73.0 Å². The van der Waals surface area contributed by atoms with Crippen molar-refractivity contribution in [1.29, 1.82) is 0 Å². The molecular formula is C7H7IrNO. The molecule has 0 aliphatic rings. The van der Waals surface area contributed by atoms with Crippen LogP contribution in [0.4, 0.5) is 0 Å². The van der Waals surface area contributed by atoms with Crippen LogP contribution in [0.15, 0.2) is 24.4 Å². The first-order valence-corrected chi connectivity index (χ1v) is 2.72. The number of Topliss-reactive ketones (excluding diaryl/α,β-unsaturated/α-hetero) is 1.